The van der Waals surface area contributed by atoms with Crippen LogP contribution in [0.5, 0.6) is 0 Å². The first kappa shape index (κ1) is 20.3. The minimum atomic E-state index is -0.405. The molecule has 0 unspecified atom stereocenters. The second-order valence-electron chi connectivity index (χ2n) is 7.15. The molecule has 1 aliphatic heterocycles. The molecule has 0 radical (unpaired) electrons. The van der Waals surface area contributed by atoms with Crippen LogP contribution in [0.1, 0.15) is 37.0 Å². The van der Waals surface area contributed by atoms with Gasteiger partial charge in [0.1, 0.15) is 0 Å². The van der Waals surface area contributed by atoms with Gasteiger partial charge in [0.15, 0.2) is 5.78 Å². The van der Waals surface area contributed by atoms with Crippen molar-refractivity contribution < 1.29 is 14.4 Å². The van der Waals surface area contributed by atoms with Crippen molar-refractivity contribution >= 4 is 34.7 Å². The van der Waals surface area contributed by atoms with E-state index in [1.807, 2.05) is 24.3 Å². The molecule has 0 saturated carbocycles. The van der Waals surface area contributed by atoms with E-state index < -0.39 is 5.91 Å². The van der Waals surface area contributed by atoms with Gasteiger partial charge in [-0.15, -0.1) is 0 Å². The Morgan fingerprint density at radius 2 is 1.38 bits per heavy atom. The molecule has 3 rings (SSSR count). The predicted molar refractivity (Wildman–Crippen MR) is 115 cm³/mol. The lowest BCUT2D eigenvalue weighted by molar-refractivity contribution is -0.114. The summed E-state index contributed by atoms with van der Waals surface area (Å²) >= 11 is 0. The molecule has 0 atom stereocenters. The lowest BCUT2D eigenvalue weighted by atomic mass is 10.1. The third kappa shape index (κ3) is 5.54. The van der Waals surface area contributed by atoms with E-state index in [0.29, 0.717) is 22.5 Å². The Balaban J connectivity index is 1.56. The van der Waals surface area contributed by atoms with Crippen LogP contribution in [0.3, 0.4) is 0 Å². The number of ketones is 1. The molecule has 1 heterocycles. The molecule has 1 saturated heterocycles. The van der Waals surface area contributed by atoms with Crippen molar-refractivity contribution in [3.63, 3.8) is 0 Å². The maximum atomic E-state index is 12.4. The molecule has 6 nitrogen and oxygen atoms in total. The number of benzene rings is 2. The summed E-state index contributed by atoms with van der Waals surface area (Å²) in [6, 6.07) is 14.3. The van der Waals surface area contributed by atoms with Crippen molar-refractivity contribution in [2.75, 3.05) is 28.6 Å². The summed E-state index contributed by atoms with van der Waals surface area (Å²) < 4.78 is 0. The standard InChI is InChI=1S/C23H25N3O3/c1-16(15-22(28)24-19-7-5-18(6-8-19)17(2)27)23(29)25-20-9-11-21(12-10-20)26-13-3-4-14-26/h5-12,15H,3-4,13-14H2,1-2H3,(H,24,28)(H,25,29)/b16-15-. The molecule has 2 aromatic carbocycles. The lowest BCUT2D eigenvalue weighted by Crippen LogP contribution is -2.18. The number of hydrogen-bond acceptors (Lipinski definition) is 4. The monoisotopic (exact) mass is 391 g/mol. The molecule has 0 bridgehead atoms. The van der Waals surface area contributed by atoms with E-state index in [1.165, 1.54) is 25.8 Å². The van der Waals surface area contributed by atoms with Gasteiger partial charge in [-0.3, -0.25) is 14.4 Å². The fraction of sp³-hybridized carbons (Fsp3) is 0.261. The molecule has 2 amide bonds. The predicted octanol–water partition coefficient (Wildman–Crippen LogP) is 4.01. The fourth-order valence-electron chi connectivity index (χ4n) is 3.19. The van der Waals surface area contributed by atoms with Crippen LogP contribution >= 0.6 is 0 Å². The number of anilines is 3. The molecule has 29 heavy (non-hydrogen) atoms. The van der Waals surface area contributed by atoms with Gasteiger partial charge < -0.3 is 15.5 Å². The average Bonchev–Trinajstić information content (AvgIpc) is 3.23. The summed E-state index contributed by atoms with van der Waals surface area (Å²) in [7, 11) is 0. The highest BCUT2D eigenvalue weighted by atomic mass is 16.2. The van der Waals surface area contributed by atoms with Gasteiger partial charge in [0, 0.05) is 47.4 Å². The van der Waals surface area contributed by atoms with E-state index in [9.17, 15) is 14.4 Å². The van der Waals surface area contributed by atoms with Gasteiger partial charge in [-0.1, -0.05) is 0 Å². The Morgan fingerprint density at radius 3 is 1.97 bits per heavy atom. The summed E-state index contributed by atoms with van der Waals surface area (Å²) in [5.74, 6) is -0.776. The number of carbonyl (C=O) groups is 3. The van der Waals surface area contributed by atoms with Gasteiger partial charge in [0.2, 0.25) is 5.91 Å². The van der Waals surface area contributed by atoms with Crippen molar-refractivity contribution in [3.8, 4) is 0 Å². The molecule has 1 fully saturated rings. The Bertz CT molecular complexity index is 925. The highest BCUT2D eigenvalue weighted by Crippen LogP contribution is 2.22. The van der Waals surface area contributed by atoms with E-state index in [-0.39, 0.29) is 11.7 Å². The number of Topliss-reactive ketones (excluding diaryl/α,β-unsaturated/α-hetero) is 1. The first-order valence-corrected chi connectivity index (χ1v) is 9.69. The normalized spacial score (nSPS) is 13.9. The van der Waals surface area contributed by atoms with Crippen LogP contribution in [-0.2, 0) is 9.59 Å². The highest BCUT2D eigenvalue weighted by molar-refractivity contribution is 6.10. The Hall–Kier alpha value is -3.41. The first-order valence-electron chi connectivity index (χ1n) is 9.69. The van der Waals surface area contributed by atoms with E-state index in [1.54, 1.807) is 31.2 Å². The maximum Gasteiger partial charge on any atom is 0.251 e. The summed E-state index contributed by atoms with van der Waals surface area (Å²) in [5.41, 5.74) is 3.27. The van der Waals surface area contributed by atoms with Crippen molar-refractivity contribution in [3.05, 3.63) is 65.7 Å². The van der Waals surface area contributed by atoms with Crippen LogP contribution < -0.4 is 15.5 Å². The van der Waals surface area contributed by atoms with Gasteiger partial charge in [-0.2, -0.15) is 0 Å². The van der Waals surface area contributed by atoms with E-state index in [2.05, 4.69) is 15.5 Å². The van der Waals surface area contributed by atoms with Crippen LogP contribution in [0.2, 0.25) is 0 Å². The molecule has 0 spiro atoms. The van der Waals surface area contributed by atoms with Crippen molar-refractivity contribution in [1.29, 1.82) is 0 Å². The number of amides is 2. The summed E-state index contributed by atoms with van der Waals surface area (Å²) in [4.78, 5) is 38.1. The van der Waals surface area contributed by atoms with E-state index in [4.69, 9.17) is 0 Å². The third-order valence-electron chi connectivity index (χ3n) is 4.86. The topological polar surface area (TPSA) is 78.5 Å². The molecular weight excluding hydrogens is 366 g/mol. The maximum absolute atomic E-state index is 12.4. The van der Waals surface area contributed by atoms with Crippen molar-refractivity contribution in [1.82, 2.24) is 0 Å². The summed E-state index contributed by atoms with van der Waals surface area (Å²) in [6.45, 7) is 5.21. The second kappa shape index (κ2) is 9.19. The van der Waals surface area contributed by atoms with Crippen LogP contribution in [0.15, 0.2) is 60.2 Å². The number of nitrogens with one attached hydrogen (secondary N) is 2. The van der Waals surface area contributed by atoms with Crippen molar-refractivity contribution in [2.24, 2.45) is 0 Å². The van der Waals surface area contributed by atoms with Gasteiger partial charge in [-0.05, 0) is 75.2 Å². The molecule has 0 aromatic heterocycles. The van der Waals surface area contributed by atoms with Crippen molar-refractivity contribution in [2.45, 2.75) is 26.7 Å². The smallest absolute Gasteiger partial charge is 0.251 e. The molecule has 6 heteroatoms. The fourth-order valence-corrected chi connectivity index (χ4v) is 3.19. The molecule has 1 aliphatic rings. The number of carbonyl (C=O) groups excluding carboxylic acids is 3. The van der Waals surface area contributed by atoms with Gasteiger partial charge in [-0.25, -0.2) is 0 Å². The Morgan fingerprint density at radius 1 is 0.828 bits per heavy atom. The van der Waals surface area contributed by atoms with E-state index >= 15 is 0 Å². The average molecular weight is 391 g/mol. The van der Waals surface area contributed by atoms with Gasteiger partial charge >= 0.3 is 0 Å². The minimum absolute atomic E-state index is 0.0382. The zero-order chi connectivity index (χ0) is 20.8. The highest BCUT2D eigenvalue weighted by Gasteiger charge is 2.13. The largest absolute Gasteiger partial charge is 0.372 e. The van der Waals surface area contributed by atoms with Crippen LogP contribution in [0, 0.1) is 0 Å². The first-order chi connectivity index (χ1) is 13.9. The summed E-state index contributed by atoms with van der Waals surface area (Å²) in [5, 5.41) is 5.49. The molecular formula is C23H25N3O3. The lowest BCUT2D eigenvalue weighted by Gasteiger charge is -2.17. The zero-order valence-electron chi connectivity index (χ0n) is 16.7. The van der Waals surface area contributed by atoms with Crippen LogP contribution in [0.4, 0.5) is 17.1 Å². The number of rotatable bonds is 6. The van der Waals surface area contributed by atoms with Gasteiger partial charge in [0.05, 0.1) is 0 Å². The third-order valence-corrected chi connectivity index (χ3v) is 4.86. The SMILES string of the molecule is CC(=O)c1ccc(NC(=O)/C=C(/C)C(=O)Nc2ccc(N3CCCC3)cc2)cc1. The quantitative estimate of drug-likeness (QED) is 0.576. The molecule has 2 N–H and O–H groups in total. The number of hydrogen-bond donors (Lipinski definition) is 2. The molecule has 150 valence electrons. The molecule has 0 aliphatic carbocycles. The molecule has 2 aromatic rings. The van der Waals surface area contributed by atoms with Crippen LogP contribution in [0.25, 0.3) is 0 Å². The number of nitrogens with zero attached hydrogens (tertiary/aromatic N) is 1. The minimum Gasteiger partial charge on any atom is -0.372 e. The summed E-state index contributed by atoms with van der Waals surface area (Å²) in [6.07, 6.45) is 3.68. The Labute approximate surface area is 170 Å². The van der Waals surface area contributed by atoms with E-state index in [0.717, 1.165) is 18.8 Å². The second-order valence-corrected chi connectivity index (χ2v) is 7.15. The zero-order valence-corrected chi connectivity index (χ0v) is 16.7. The van der Waals surface area contributed by atoms with Gasteiger partial charge in [0.25, 0.3) is 5.91 Å². The van der Waals surface area contributed by atoms with Crippen LogP contribution in [-0.4, -0.2) is 30.7 Å². The Kier molecular flexibility index (Phi) is 6.44.